The van der Waals surface area contributed by atoms with Gasteiger partial charge in [0.05, 0.1) is 6.21 Å². The van der Waals surface area contributed by atoms with E-state index in [-0.39, 0.29) is 0 Å². The SMILES string of the molecule is CCCCCN=C(N)N/N=C\c1c[nH]c2ccc(OCc3ccccc3)cc12. The van der Waals surface area contributed by atoms with Crippen LogP contribution in [0.1, 0.15) is 37.3 Å². The fourth-order valence-corrected chi connectivity index (χ4v) is 2.82. The number of ether oxygens (including phenoxy) is 1. The highest BCUT2D eigenvalue weighted by molar-refractivity contribution is 5.99. The van der Waals surface area contributed by atoms with Crippen LogP contribution in [0.15, 0.2) is 64.8 Å². The molecule has 0 atom stereocenters. The number of hydrazone groups is 1. The second-order valence-electron chi connectivity index (χ2n) is 6.57. The summed E-state index contributed by atoms with van der Waals surface area (Å²) in [7, 11) is 0. The van der Waals surface area contributed by atoms with Crippen molar-refractivity contribution >= 4 is 23.1 Å². The molecule has 4 N–H and O–H groups in total. The van der Waals surface area contributed by atoms with Crippen molar-refractivity contribution in [3.05, 3.63) is 65.9 Å². The van der Waals surface area contributed by atoms with Gasteiger partial charge in [0.15, 0.2) is 0 Å². The Labute approximate surface area is 165 Å². The highest BCUT2D eigenvalue weighted by Crippen LogP contribution is 2.23. The monoisotopic (exact) mass is 377 g/mol. The van der Waals surface area contributed by atoms with E-state index in [0.717, 1.165) is 47.2 Å². The third-order valence-corrected chi connectivity index (χ3v) is 4.36. The first-order chi connectivity index (χ1) is 13.8. The molecule has 0 saturated heterocycles. The van der Waals surface area contributed by atoms with Gasteiger partial charge in [0.2, 0.25) is 5.96 Å². The number of hydrogen-bond acceptors (Lipinski definition) is 3. The number of aromatic amines is 1. The first-order valence-electron chi connectivity index (χ1n) is 9.63. The minimum Gasteiger partial charge on any atom is -0.489 e. The molecule has 6 nitrogen and oxygen atoms in total. The number of nitrogens with two attached hydrogens (primary N) is 1. The average Bonchev–Trinajstić information content (AvgIpc) is 3.13. The predicted octanol–water partition coefficient (Wildman–Crippen LogP) is 4.18. The minimum absolute atomic E-state index is 0.332. The number of nitrogens with zero attached hydrogens (tertiary/aromatic N) is 2. The van der Waals surface area contributed by atoms with Crippen LogP contribution >= 0.6 is 0 Å². The van der Waals surface area contributed by atoms with E-state index >= 15 is 0 Å². The first kappa shape index (κ1) is 19.5. The summed E-state index contributed by atoms with van der Waals surface area (Å²) in [5.41, 5.74) is 11.7. The van der Waals surface area contributed by atoms with Gasteiger partial charge < -0.3 is 15.5 Å². The molecule has 0 aliphatic rings. The van der Waals surface area contributed by atoms with Crippen molar-refractivity contribution in [2.45, 2.75) is 32.8 Å². The van der Waals surface area contributed by atoms with E-state index in [0.29, 0.717) is 12.6 Å². The van der Waals surface area contributed by atoms with E-state index < -0.39 is 0 Å². The van der Waals surface area contributed by atoms with Gasteiger partial charge in [-0.3, -0.25) is 4.99 Å². The zero-order valence-corrected chi connectivity index (χ0v) is 16.2. The number of hydrogen-bond donors (Lipinski definition) is 3. The third-order valence-electron chi connectivity index (χ3n) is 4.36. The molecule has 0 aliphatic heterocycles. The summed E-state index contributed by atoms with van der Waals surface area (Å²) in [5, 5.41) is 5.23. The van der Waals surface area contributed by atoms with Gasteiger partial charge >= 0.3 is 0 Å². The Morgan fingerprint density at radius 3 is 2.86 bits per heavy atom. The van der Waals surface area contributed by atoms with E-state index in [1.807, 2.05) is 54.7 Å². The van der Waals surface area contributed by atoms with Crippen LogP contribution in [0, 0.1) is 0 Å². The van der Waals surface area contributed by atoms with Crippen LogP contribution in [0.4, 0.5) is 0 Å². The number of guanidine groups is 1. The number of nitrogens with one attached hydrogen (secondary N) is 2. The quantitative estimate of drug-likeness (QED) is 0.226. The zero-order chi connectivity index (χ0) is 19.6. The summed E-state index contributed by atoms with van der Waals surface area (Å²) in [6, 6.07) is 16.1. The molecule has 3 aromatic rings. The lowest BCUT2D eigenvalue weighted by atomic mass is 10.2. The molecule has 0 fully saturated rings. The van der Waals surface area contributed by atoms with Gasteiger partial charge in [0.1, 0.15) is 12.4 Å². The van der Waals surface area contributed by atoms with Crippen molar-refractivity contribution in [3.63, 3.8) is 0 Å². The second kappa shape index (κ2) is 10.2. The lowest BCUT2D eigenvalue weighted by Crippen LogP contribution is -2.27. The average molecular weight is 377 g/mol. The molecule has 2 aromatic carbocycles. The van der Waals surface area contributed by atoms with E-state index in [1.54, 1.807) is 6.21 Å². The molecular weight excluding hydrogens is 350 g/mol. The highest BCUT2D eigenvalue weighted by atomic mass is 16.5. The predicted molar refractivity (Wildman–Crippen MR) is 116 cm³/mol. The van der Waals surface area contributed by atoms with Crippen molar-refractivity contribution in [2.75, 3.05) is 6.54 Å². The lowest BCUT2D eigenvalue weighted by Gasteiger charge is -2.06. The maximum Gasteiger partial charge on any atom is 0.209 e. The Balaban J connectivity index is 1.62. The van der Waals surface area contributed by atoms with Crippen LogP contribution in [-0.4, -0.2) is 23.7 Å². The van der Waals surface area contributed by atoms with Crippen molar-refractivity contribution in [2.24, 2.45) is 15.8 Å². The number of H-pyrrole nitrogens is 1. The van der Waals surface area contributed by atoms with Crippen LogP contribution in [-0.2, 0) is 6.61 Å². The number of aromatic nitrogens is 1. The minimum atomic E-state index is 0.332. The van der Waals surface area contributed by atoms with E-state index in [9.17, 15) is 0 Å². The third kappa shape index (κ3) is 5.61. The van der Waals surface area contributed by atoms with E-state index in [2.05, 4.69) is 27.4 Å². The summed E-state index contributed by atoms with van der Waals surface area (Å²) in [6.45, 7) is 3.42. The van der Waals surface area contributed by atoms with Crippen molar-refractivity contribution in [1.29, 1.82) is 0 Å². The molecule has 28 heavy (non-hydrogen) atoms. The molecule has 0 unspecified atom stereocenters. The van der Waals surface area contributed by atoms with Crippen molar-refractivity contribution in [1.82, 2.24) is 10.4 Å². The van der Waals surface area contributed by atoms with Gasteiger partial charge in [0, 0.05) is 29.2 Å². The molecule has 0 saturated carbocycles. The Kier molecular flexibility index (Phi) is 7.07. The molecule has 0 amide bonds. The Hall–Kier alpha value is -3.28. The van der Waals surface area contributed by atoms with E-state index in [1.165, 1.54) is 6.42 Å². The number of fused-ring (bicyclic) bond motifs is 1. The van der Waals surface area contributed by atoms with Gasteiger partial charge in [0.25, 0.3) is 0 Å². The highest BCUT2D eigenvalue weighted by Gasteiger charge is 2.04. The fourth-order valence-electron chi connectivity index (χ4n) is 2.82. The number of rotatable bonds is 9. The van der Waals surface area contributed by atoms with Gasteiger partial charge in [-0.1, -0.05) is 50.1 Å². The zero-order valence-electron chi connectivity index (χ0n) is 16.2. The summed E-state index contributed by atoms with van der Waals surface area (Å²) in [4.78, 5) is 7.49. The molecule has 0 bridgehead atoms. The number of unbranched alkanes of at least 4 members (excludes halogenated alkanes) is 2. The van der Waals surface area contributed by atoms with Crippen LogP contribution in [0.3, 0.4) is 0 Å². The largest absolute Gasteiger partial charge is 0.489 e. The fraction of sp³-hybridized carbons (Fsp3) is 0.273. The maximum atomic E-state index is 5.92. The standard InChI is InChI=1S/C22H27N5O/c1-2-3-7-12-24-22(23)27-26-15-18-14-25-21-11-10-19(13-20(18)21)28-16-17-8-5-4-6-9-17/h4-6,8-11,13-15,25H,2-3,7,12,16H2,1H3,(H3,23,24,27)/b26-15-. The van der Waals surface area contributed by atoms with Crippen LogP contribution in [0.2, 0.25) is 0 Å². The van der Waals surface area contributed by atoms with Gasteiger partial charge in [-0.2, -0.15) is 5.10 Å². The number of aliphatic imine (C=N–C) groups is 1. The first-order valence-corrected chi connectivity index (χ1v) is 9.63. The molecule has 0 radical (unpaired) electrons. The molecule has 1 heterocycles. The lowest BCUT2D eigenvalue weighted by molar-refractivity contribution is 0.306. The Morgan fingerprint density at radius 2 is 2.04 bits per heavy atom. The van der Waals surface area contributed by atoms with Crippen LogP contribution in [0.25, 0.3) is 10.9 Å². The molecule has 6 heteroatoms. The van der Waals surface area contributed by atoms with Gasteiger partial charge in [-0.25, -0.2) is 5.43 Å². The van der Waals surface area contributed by atoms with Gasteiger partial charge in [-0.15, -0.1) is 0 Å². The molecule has 1 aromatic heterocycles. The summed E-state index contributed by atoms with van der Waals surface area (Å²) >= 11 is 0. The van der Waals surface area contributed by atoms with Crippen molar-refractivity contribution < 1.29 is 4.74 Å². The van der Waals surface area contributed by atoms with Gasteiger partial charge in [-0.05, 0) is 30.2 Å². The summed E-state index contributed by atoms with van der Waals surface area (Å²) < 4.78 is 5.92. The molecule has 0 spiro atoms. The van der Waals surface area contributed by atoms with Crippen LogP contribution < -0.4 is 15.9 Å². The normalized spacial score (nSPS) is 12.0. The maximum absolute atomic E-state index is 5.92. The molecule has 146 valence electrons. The van der Waals surface area contributed by atoms with E-state index in [4.69, 9.17) is 10.5 Å². The molecule has 0 aliphatic carbocycles. The Morgan fingerprint density at radius 1 is 1.18 bits per heavy atom. The second-order valence-corrected chi connectivity index (χ2v) is 6.57. The smallest absolute Gasteiger partial charge is 0.209 e. The Bertz CT molecular complexity index is 931. The number of benzene rings is 2. The molecular formula is C22H27N5O. The molecule has 3 rings (SSSR count). The topological polar surface area (TPSA) is 87.8 Å². The van der Waals surface area contributed by atoms with Crippen molar-refractivity contribution in [3.8, 4) is 5.75 Å². The summed E-state index contributed by atoms with van der Waals surface area (Å²) in [5.74, 6) is 1.15. The van der Waals surface area contributed by atoms with Crippen LogP contribution in [0.5, 0.6) is 5.75 Å². The summed E-state index contributed by atoms with van der Waals surface area (Å²) in [6.07, 6.45) is 7.00.